The SMILES string of the molecule is CC(C)(C)C1CCCCC1(O)Cc1ccc(O)cc1. The van der Waals surface area contributed by atoms with E-state index in [0.29, 0.717) is 12.3 Å². The number of aliphatic hydroxyl groups is 1. The van der Waals surface area contributed by atoms with Gasteiger partial charge in [-0.25, -0.2) is 0 Å². The number of rotatable bonds is 2. The van der Waals surface area contributed by atoms with Gasteiger partial charge in [-0.15, -0.1) is 0 Å². The highest BCUT2D eigenvalue weighted by atomic mass is 16.3. The van der Waals surface area contributed by atoms with Crippen molar-refractivity contribution in [3.05, 3.63) is 29.8 Å². The van der Waals surface area contributed by atoms with Crippen LogP contribution in [0.2, 0.25) is 0 Å². The maximum absolute atomic E-state index is 11.1. The highest BCUT2D eigenvalue weighted by molar-refractivity contribution is 5.27. The van der Waals surface area contributed by atoms with Crippen molar-refractivity contribution in [2.75, 3.05) is 0 Å². The Hall–Kier alpha value is -1.02. The fourth-order valence-electron chi connectivity index (χ4n) is 3.64. The van der Waals surface area contributed by atoms with Crippen LogP contribution in [0.15, 0.2) is 24.3 Å². The van der Waals surface area contributed by atoms with Gasteiger partial charge in [0.15, 0.2) is 0 Å². The summed E-state index contributed by atoms with van der Waals surface area (Å²) in [7, 11) is 0. The normalized spacial score (nSPS) is 28.3. The number of phenolic OH excluding ortho intramolecular Hbond substituents is 1. The van der Waals surface area contributed by atoms with Gasteiger partial charge < -0.3 is 10.2 Å². The summed E-state index contributed by atoms with van der Waals surface area (Å²) in [6.07, 6.45) is 5.02. The highest BCUT2D eigenvalue weighted by Gasteiger charge is 2.44. The minimum absolute atomic E-state index is 0.131. The molecule has 0 aliphatic heterocycles. The molecule has 1 aromatic carbocycles. The molecular weight excluding hydrogens is 236 g/mol. The van der Waals surface area contributed by atoms with Crippen LogP contribution in [0.5, 0.6) is 5.75 Å². The Balaban J connectivity index is 2.21. The third-order valence-electron chi connectivity index (χ3n) is 4.49. The van der Waals surface area contributed by atoms with E-state index in [1.165, 1.54) is 6.42 Å². The average Bonchev–Trinajstić information content (AvgIpc) is 2.31. The van der Waals surface area contributed by atoms with Crippen molar-refractivity contribution < 1.29 is 10.2 Å². The molecule has 0 amide bonds. The van der Waals surface area contributed by atoms with Crippen molar-refractivity contribution in [3.8, 4) is 5.75 Å². The van der Waals surface area contributed by atoms with Gasteiger partial charge in [0.2, 0.25) is 0 Å². The van der Waals surface area contributed by atoms with Crippen molar-refractivity contribution in [3.63, 3.8) is 0 Å². The molecular formula is C17H26O2. The topological polar surface area (TPSA) is 40.5 Å². The molecule has 2 unspecified atom stereocenters. The third-order valence-corrected chi connectivity index (χ3v) is 4.49. The lowest BCUT2D eigenvalue weighted by Crippen LogP contribution is -2.48. The predicted octanol–water partition coefficient (Wildman–Crippen LogP) is 3.90. The van der Waals surface area contributed by atoms with E-state index in [1.807, 2.05) is 12.1 Å². The smallest absolute Gasteiger partial charge is 0.115 e. The maximum atomic E-state index is 11.1. The minimum Gasteiger partial charge on any atom is -0.508 e. The van der Waals surface area contributed by atoms with Crippen molar-refractivity contribution >= 4 is 0 Å². The van der Waals surface area contributed by atoms with E-state index in [9.17, 15) is 10.2 Å². The number of hydrogen-bond donors (Lipinski definition) is 2. The molecule has 0 heterocycles. The van der Waals surface area contributed by atoms with E-state index in [-0.39, 0.29) is 11.2 Å². The number of aromatic hydroxyl groups is 1. The Morgan fingerprint density at radius 2 is 1.79 bits per heavy atom. The summed E-state index contributed by atoms with van der Waals surface area (Å²) in [5, 5.41) is 20.5. The first-order valence-electron chi connectivity index (χ1n) is 7.31. The molecule has 2 heteroatoms. The number of benzene rings is 1. The van der Waals surface area contributed by atoms with Crippen LogP contribution in [0.3, 0.4) is 0 Å². The molecule has 0 saturated heterocycles. The molecule has 1 aliphatic rings. The second-order valence-corrected chi connectivity index (χ2v) is 7.11. The van der Waals surface area contributed by atoms with Crippen LogP contribution < -0.4 is 0 Å². The van der Waals surface area contributed by atoms with Gasteiger partial charge in [-0.3, -0.25) is 0 Å². The van der Waals surface area contributed by atoms with Gasteiger partial charge in [0.1, 0.15) is 5.75 Å². The van der Waals surface area contributed by atoms with Crippen LogP contribution in [-0.2, 0) is 6.42 Å². The van der Waals surface area contributed by atoms with E-state index >= 15 is 0 Å². The Morgan fingerprint density at radius 3 is 2.37 bits per heavy atom. The Morgan fingerprint density at radius 1 is 1.16 bits per heavy atom. The van der Waals surface area contributed by atoms with Crippen molar-refractivity contribution in [1.29, 1.82) is 0 Å². The van der Waals surface area contributed by atoms with Gasteiger partial charge in [0, 0.05) is 6.42 Å². The zero-order valence-electron chi connectivity index (χ0n) is 12.3. The fourth-order valence-corrected chi connectivity index (χ4v) is 3.64. The third kappa shape index (κ3) is 3.30. The first-order chi connectivity index (χ1) is 8.81. The number of hydrogen-bond acceptors (Lipinski definition) is 2. The molecule has 2 atom stereocenters. The highest BCUT2D eigenvalue weighted by Crippen LogP contribution is 2.45. The summed E-state index contributed by atoms with van der Waals surface area (Å²) in [5.74, 6) is 0.620. The minimum atomic E-state index is -0.604. The zero-order valence-corrected chi connectivity index (χ0v) is 12.3. The molecule has 0 bridgehead atoms. The molecule has 19 heavy (non-hydrogen) atoms. The van der Waals surface area contributed by atoms with Gasteiger partial charge in [-0.2, -0.15) is 0 Å². The molecule has 0 spiro atoms. The van der Waals surface area contributed by atoms with E-state index in [4.69, 9.17) is 0 Å². The lowest BCUT2D eigenvalue weighted by Gasteiger charge is -2.47. The lowest BCUT2D eigenvalue weighted by atomic mass is 9.62. The largest absolute Gasteiger partial charge is 0.508 e. The summed E-state index contributed by atoms with van der Waals surface area (Å²) >= 11 is 0. The van der Waals surface area contributed by atoms with Gasteiger partial charge in [-0.1, -0.05) is 45.7 Å². The average molecular weight is 262 g/mol. The zero-order chi connectivity index (χ0) is 14.1. The summed E-state index contributed by atoms with van der Waals surface area (Å²) in [6.45, 7) is 6.68. The first kappa shape index (κ1) is 14.4. The molecule has 2 nitrogen and oxygen atoms in total. The van der Waals surface area contributed by atoms with E-state index < -0.39 is 5.60 Å². The van der Waals surface area contributed by atoms with Crippen LogP contribution in [-0.4, -0.2) is 15.8 Å². The maximum Gasteiger partial charge on any atom is 0.115 e. The molecule has 2 rings (SSSR count). The van der Waals surface area contributed by atoms with Crippen LogP contribution in [0.1, 0.15) is 52.0 Å². The van der Waals surface area contributed by atoms with Crippen LogP contribution >= 0.6 is 0 Å². The second-order valence-electron chi connectivity index (χ2n) is 7.11. The van der Waals surface area contributed by atoms with E-state index in [0.717, 1.165) is 24.8 Å². The predicted molar refractivity (Wildman–Crippen MR) is 78.2 cm³/mol. The van der Waals surface area contributed by atoms with Crippen molar-refractivity contribution in [1.82, 2.24) is 0 Å². The lowest BCUT2D eigenvalue weighted by molar-refractivity contribution is -0.0889. The van der Waals surface area contributed by atoms with E-state index in [2.05, 4.69) is 20.8 Å². The number of phenols is 1. The fraction of sp³-hybridized carbons (Fsp3) is 0.647. The van der Waals surface area contributed by atoms with Crippen LogP contribution in [0.4, 0.5) is 0 Å². The summed E-state index contributed by atoms with van der Waals surface area (Å²) in [4.78, 5) is 0. The Bertz CT molecular complexity index is 416. The Labute approximate surface area is 116 Å². The molecule has 1 aliphatic carbocycles. The summed E-state index contributed by atoms with van der Waals surface area (Å²) in [6, 6.07) is 7.24. The van der Waals surface area contributed by atoms with E-state index in [1.54, 1.807) is 12.1 Å². The van der Waals surface area contributed by atoms with Gasteiger partial charge in [-0.05, 0) is 41.9 Å². The van der Waals surface area contributed by atoms with Gasteiger partial charge >= 0.3 is 0 Å². The monoisotopic (exact) mass is 262 g/mol. The molecule has 1 saturated carbocycles. The van der Waals surface area contributed by atoms with Crippen LogP contribution in [0, 0.1) is 11.3 Å². The first-order valence-corrected chi connectivity index (χ1v) is 7.31. The molecule has 1 aromatic rings. The van der Waals surface area contributed by atoms with Gasteiger partial charge in [0.05, 0.1) is 5.60 Å². The molecule has 0 aromatic heterocycles. The standard InChI is InChI=1S/C17H26O2/c1-16(2,3)15-6-4-5-11-17(15,19)12-13-7-9-14(18)10-8-13/h7-10,15,18-19H,4-6,11-12H2,1-3H3. The molecule has 106 valence electrons. The summed E-state index contributed by atoms with van der Waals surface area (Å²) in [5.41, 5.74) is 0.635. The van der Waals surface area contributed by atoms with Crippen molar-refractivity contribution in [2.45, 2.75) is 58.5 Å². The second kappa shape index (κ2) is 5.16. The van der Waals surface area contributed by atoms with Gasteiger partial charge in [0.25, 0.3) is 0 Å². The molecule has 0 radical (unpaired) electrons. The molecule has 1 fully saturated rings. The summed E-state index contributed by atoms with van der Waals surface area (Å²) < 4.78 is 0. The quantitative estimate of drug-likeness (QED) is 0.848. The Kier molecular flexibility index (Phi) is 3.91. The molecule has 2 N–H and O–H groups in total. The van der Waals surface area contributed by atoms with Crippen molar-refractivity contribution in [2.24, 2.45) is 11.3 Å². The van der Waals surface area contributed by atoms with Crippen LogP contribution in [0.25, 0.3) is 0 Å².